The minimum atomic E-state index is -1.75. The van der Waals surface area contributed by atoms with E-state index in [4.69, 9.17) is 4.43 Å². The normalized spacial score (nSPS) is 15.1. The van der Waals surface area contributed by atoms with Crippen LogP contribution in [0, 0.1) is 5.82 Å². The van der Waals surface area contributed by atoms with Gasteiger partial charge in [0.15, 0.2) is 8.32 Å². The van der Waals surface area contributed by atoms with Gasteiger partial charge in [0.2, 0.25) is 0 Å². The van der Waals surface area contributed by atoms with Gasteiger partial charge in [0.05, 0.1) is 12.6 Å². The fraction of sp³-hybridized carbons (Fsp3) is 0.588. The van der Waals surface area contributed by atoms with Gasteiger partial charge in [-0.2, -0.15) is 0 Å². The summed E-state index contributed by atoms with van der Waals surface area (Å²) in [5.74, 6) is -0.221. The maximum atomic E-state index is 12.9. The average Bonchev–Trinajstić information content (AvgIpc) is 2.35. The van der Waals surface area contributed by atoms with Crippen molar-refractivity contribution in [3.8, 4) is 0 Å². The van der Waals surface area contributed by atoms with Crippen molar-refractivity contribution >= 4 is 14.0 Å². The van der Waals surface area contributed by atoms with Gasteiger partial charge in [-0.1, -0.05) is 32.9 Å². The van der Waals surface area contributed by atoms with Crippen LogP contribution in [0.2, 0.25) is 18.1 Å². The number of halogens is 1. The predicted molar refractivity (Wildman–Crippen MR) is 91.2 cm³/mol. The molecule has 1 aromatic carbocycles. The summed E-state index contributed by atoms with van der Waals surface area (Å²) in [5.41, 5.74) is 1.87. The molecule has 118 valence electrons. The van der Waals surface area contributed by atoms with Crippen LogP contribution in [-0.2, 0) is 4.43 Å². The Bertz CT molecular complexity index is 489. The summed E-state index contributed by atoms with van der Waals surface area (Å²) in [5, 5.41) is 0.205. The van der Waals surface area contributed by atoms with Crippen molar-refractivity contribution in [2.75, 3.05) is 6.54 Å². The third kappa shape index (κ3) is 5.36. The molecule has 0 amide bonds. The zero-order valence-electron chi connectivity index (χ0n) is 14.3. The molecule has 4 heteroatoms. The highest BCUT2D eigenvalue weighted by Crippen LogP contribution is 2.37. The summed E-state index contributed by atoms with van der Waals surface area (Å²) >= 11 is 0. The van der Waals surface area contributed by atoms with Crippen LogP contribution in [-0.4, -0.2) is 26.7 Å². The summed E-state index contributed by atoms with van der Waals surface area (Å²) in [7, 11) is -1.75. The number of hydrogen-bond donors (Lipinski definition) is 0. The van der Waals surface area contributed by atoms with E-state index in [0.717, 1.165) is 11.3 Å². The third-order valence-corrected chi connectivity index (χ3v) is 8.75. The standard InChI is InChI=1S/C17H28FNOSi/c1-13(20-21(6,7)17(3,4)5)12-19-14(2)15-8-10-16(18)11-9-15/h8-11,13H,12H2,1-7H3/b19-14+. The molecule has 0 N–H and O–H groups in total. The lowest BCUT2D eigenvalue weighted by atomic mass is 10.1. The smallest absolute Gasteiger partial charge is 0.192 e. The lowest BCUT2D eigenvalue weighted by Gasteiger charge is -2.38. The fourth-order valence-electron chi connectivity index (χ4n) is 1.76. The first-order valence-electron chi connectivity index (χ1n) is 7.48. The molecule has 0 radical (unpaired) electrons. The number of benzene rings is 1. The zero-order valence-corrected chi connectivity index (χ0v) is 15.3. The van der Waals surface area contributed by atoms with Crippen LogP contribution < -0.4 is 0 Å². The van der Waals surface area contributed by atoms with Crippen LogP contribution >= 0.6 is 0 Å². The minimum Gasteiger partial charge on any atom is -0.412 e. The Morgan fingerprint density at radius 2 is 1.76 bits per heavy atom. The molecule has 0 saturated carbocycles. The SMILES string of the molecule is C/C(=N\CC(C)O[Si](C)(C)C(C)(C)C)c1ccc(F)cc1. The number of hydrogen-bond acceptors (Lipinski definition) is 2. The topological polar surface area (TPSA) is 21.6 Å². The molecular formula is C17H28FNOSi. The average molecular weight is 310 g/mol. The Kier molecular flexibility index (Phi) is 5.88. The van der Waals surface area contributed by atoms with Crippen molar-refractivity contribution in [3.63, 3.8) is 0 Å². The highest BCUT2D eigenvalue weighted by molar-refractivity contribution is 6.74. The van der Waals surface area contributed by atoms with E-state index in [-0.39, 0.29) is 17.0 Å². The van der Waals surface area contributed by atoms with Gasteiger partial charge in [0.1, 0.15) is 5.82 Å². The van der Waals surface area contributed by atoms with Crippen molar-refractivity contribution in [1.82, 2.24) is 0 Å². The van der Waals surface area contributed by atoms with Crippen LogP contribution in [0.4, 0.5) is 4.39 Å². The van der Waals surface area contributed by atoms with Crippen LogP contribution in [0.1, 0.15) is 40.2 Å². The second kappa shape index (κ2) is 6.84. The van der Waals surface area contributed by atoms with Crippen molar-refractivity contribution in [1.29, 1.82) is 0 Å². The van der Waals surface area contributed by atoms with E-state index in [0.29, 0.717) is 6.54 Å². The van der Waals surface area contributed by atoms with Crippen LogP contribution in [0.5, 0.6) is 0 Å². The van der Waals surface area contributed by atoms with Crippen molar-refractivity contribution in [2.45, 2.75) is 58.9 Å². The molecule has 0 aliphatic heterocycles. The molecule has 0 spiro atoms. The first-order chi connectivity index (χ1) is 9.53. The van der Waals surface area contributed by atoms with Crippen molar-refractivity contribution < 1.29 is 8.82 Å². The molecule has 0 saturated heterocycles. The maximum Gasteiger partial charge on any atom is 0.192 e. The van der Waals surface area contributed by atoms with E-state index in [1.165, 1.54) is 12.1 Å². The highest BCUT2D eigenvalue weighted by atomic mass is 28.4. The van der Waals surface area contributed by atoms with E-state index < -0.39 is 8.32 Å². The Balaban J connectivity index is 2.65. The minimum absolute atomic E-state index is 0.0984. The van der Waals surface area contributed by atoms with E-state index >= 15 is 0 Å². The van der Waals surface area contributed by atoms with Crippen molar-refractivity contribution in [2.24, 2.45) is 4.99 Å². The Labute approximate surface area is 129 Å². The Morgan fingerprint density at radius 1 is 1.24 bits per heavy atom. The molecule has 0 aliphatic rings. The van der Waals surface area contributed by atoms with Gasteiger partial charge in [0.25, 0.3) is 0 Å². The van der Waals surface area contributed by atoms with Gasteiger partial charge in [-0.3, -0.25) is 4.99 Å². The Hall–Kier alpha value is -1.00. The second-order valence-electron chi connectivity index (χ2n) is 7.12. The van der Waals surface area contributed by atoms with Gasteiger partial charge in [-0.25, -0.2) is 4.39 Å². The number of nitrogens with zero attached hydrogens (tertiary/aromatic N) is 1. The molecule has 1 unspecified atom stereocenters. The monoisotopic (exact) mass is 309 g/mol. The molecule has 0 heterocycles. The molecule has 0 aromatic heterocycles. The summed E-state index contributed by atoms with van der Waals surface area (Å²) < 4.78 is 19.2. The molecule has 0 bridgehead atoms. The molecular weight excluding hydrogens is 281 g/mol. The summed E-state index contributed by atoms with van der Waals surface area (Å²) in [6.07, 6.45) is 0.0984. The summed E-state index contributed by atoms with van der Waals surface area (Å²) in [6.45, 7) is 15.9. The van der Waals surface area contributed by atoms with Crippen molar-refractivity contribution in [3.05, 3.63) is 35.6 Å². The molecule has 1 atom stereocenters. The second-order valence-corrected chi connectivity index (χ2v) is 11.9. The number of aliphatic imine (C=N–C) groups is 1. The predicted octanol–water partition coefficient (Wildman–Crippen LogP) is 5.05. The van der Waals surface area contributed by atoms with Crippen LogP contribution in [0.3, 0.4) is 0 Å². The summed E-state index contributed by atoms with van der Waals surface area (Å²) in [6, 6.07) is 6.44. The van der Waals surface area contributed by atoms with Gasteiger partial charge >= 0.3 is 0 Å². The fourth-order valence-corrected chi connectivity index (χ4v) is 3.20. The first-order valence-corrected chi connectivity index (χ1v) is 10.4. The Morgan fingerprint density at radius 3 is 2.24 bits per heavy atom. The van der Waals surface area contributed by atoms with Crippen LogP contribution in [0.15, 0.2) is 29.3 Å². The van der Waals surface area contributed by atoms with E-state index in [1.807, 2.05) is 6.92 Å². The molecule has 0 aliphatic carbocycles. The highest BCUT2D eigenvalue weighted by Gasteiger charge is 2.38. The van der Waals surface area contributed by atoms with E-state index in [9.17, 15) is 4.39 Å². The van der Waals surface area contributed by atoms with Gasteiger partial charge in [-0.05, 0) is 49.7 Å². The van der Waals surface area contributed by atoms with Gasteiger partial charge in [0, 0.05) is 5.71 Å². The lowest BCUT2D eigenvalue weighted by molar-refractivity contribution is 0.207. The van der Waals surface area contributed by atoms with Gasteiger partial charge in [-0.15, -0.1) is 0 Å². The van der Waals surface area contributed by atoms with Gasteiger partial charge < -0.3 is 4.43 Å². The molecule has 0 fully saturated rings. The maximum absolute atomic E-state index is 12.9. The molecule has 1 rings (SSSR count). The van der Waals surface area contributed by atoms with E-state index in [1.54, 1.807) is 12.1 Å². The largest absolute Gasteiger partial charge is 0.412 e. The number of rotatable bonds is 5. The first kappa shape index (κ1) is 18.0. The van der Waals surface area contributed by atoms with E-state index in [2.05, 4.69) is 45.8 Å². The summed E-state index contributed by atoms with van der Waals surface area (Å²) in [4.78, 5) is 4.58. The third-order valence-electron chi connectivity index (χ3n) is 4.15. The zero-order chi connectivity index (χ0) is 16.3. The van der Waals surface area contributed by atoms with Crippen LogP contribution in [0.25, 0.3) is 0 Å². The molecule has 2 nitrogen and oxygen atoms in total. The lowest BCUT2D eigenvalue weighted by Crippen LogP contribution is -2.44. The molecule has 21 heavy (non-hydrogen) atoms. The quantitative estimate of drug-likeness (QED) is 0.551. The molecule has 1 aromatic rings.